The van der Waals surface area contributed by atoms with Gasteiger partial charge in [-0.15, -0.1) is 11.3 Å². The van der Waals surface area contributed by atoms with Crippen LogP contribution in [-0.2, 0) is 15.1 Å². The van der Waals surface area contributed by atoms with Crippen molar-refractivity contribution < 1.29 is 32.2 Å². The molecule has 0 aliphatic carbocycles. The Hall–Kier alpha value is -2.04. The molecule has 0 saturated carbocycles. The number of amides is 1. The summed E-state index contributed by atoms with van der Waals surface area (Å²) in [6, 6.07) is 5.48. The molecule has 1 fully saturated rings. The normalized spacial score (nSPS) is 20.1. The molecular weight excluding hydrogens is 400 g/mol. The van der Waals surface area contributed by atoms with Gasteiger partial charge >= 0.3 is 6.18 Å². The molecule has 0 bridgehead atoms. The quantitative estimate of drug-likeness (QED) is 0.774. The standard InChI is InChI=1S/C18H18F4N2O3S/c1-11-10-28-16(23-11)17(26,18(20,21)22)8-15(25)24-6-7-27-14(9-24)12-2-4-13(19)5-3-12/h2-5,10,14,26H,6-9H2,1H3/t14-,17-/m1/s1. The number of alkyl halides is 3. The first kappa shape index (κ1) is 20.7. The summed E-state index contributed by atoms with van der Waals surface area (Å²) < 4.78 is 59.4. The van der Waals surface area contributed by atoms with Gasteiger partial charge in [-0.25, -0.2) is 9.37 Å². The summed E-state index contributed by atoms with van der Waals surface area (Å²) in [6.07, 6.45) is -6.81. The first-order valence-corrected chi connectivity index (χ1v) is 9.34. The molecule has 0 radical (unpaired) electrons. The molecule has 10 heteroatoms. The van der Waals surface area contributed by atoms with E-state index < -0.39 is 41.0 Å². The number of aryl methyl sites for hydroxylation is 1. The summed E-state index contributed by atoms with van der Waals surface area (Å²) in [7, 11) is 0. The van der Waals surface area contributed by atoms with E-state index in [9.17, 15) is 27.5 Å². The lowest BCUT2D eigenvalue weighted by Gasteiger charge is -2.35. The highest BCUT2D eigenvalue weighted by molar-refractivity contribution is 7.09. The molecule has 0 unspecified atom stereocenters. The zero-order valence-corrected chi connectivity index (χ0v) is 15.7. The number of thiazole rings is 1. The van der Waals surface area contributed by atoms with Crippen LogP contribution < -0.4 is 0 Å². The van der Waals surface area contributed by atoms with Gasteiger partial charge in [-0.2, -0.15) is 13.2 Å². The lowest BCUT2D eigenvalue weighted by atomic mass is 9.98. The minimum Gasteiger partial charge on any atom is -0.374 e. The SMILES string of the molecule is Cc1csc([C@](O)(CC(=O)N2CCO[C@@H](c3ccc(F)cc3)C2)C(F)(F)F)n1. The van der Waals surface area contributed by atoms with Crippen LogP contribution in [0.25, 0.3) is 0 Å². The fourth-order valence-electron chi connectivity index (χ4n) is 2.93. The van der Waals surface area contributed by atoms with Crippen LogP contribution in [0.1, 0.15) is 28.8 Å². The van der Waals surface area contributed by atoms with Crippen LogP contribution >= 0.6 is 11.3 Å². The van der Waals surface area contributed by atoms with E-state index in [2.05, 4.69) is 4.98 Å². The van der Waals surface area contributed by atoms with Crippen molar-refractivity contribution in [3.8, 4) is 0 Å². The number of benzene rings is 1. The number of carbonyl (C=O) groups is 1. The molecule has 5 nitrogen and oxygen atoms in total. The van der Waals surface area contributed by atoms with Crippen LogP contribution in [-0.4, -0.2) is 46.8 Å². The van der Waals surface area contributed by atoms with Gasteiger partial charge in [-0.1, -0.05) is 12.1 Å². The van der Waals surface area contributed by atoms with Crippen molar-refractivity contribution in [1.82, 2.24) is 9.88 Å². The lowest BCUT2D eigenvalue weighted by molar-refractivity contribution is -0.268. The highest BCUT2D eigenvalue weighted by Gasteiger charge is 2.58. The second-order valence-electron chi connectivity index (χ2n) is 6.58. The molecule has 1 N–H and O–H groups in total. The highest BCUT2D eigenvalue weighted by Crippen LogP contribution is 2.43. The highest BCUT2D eigenvalue weighted by atomic mass is 32.1. The average molecular weight is 418 g/mol. The molecule has 1 aliphatic rings. The summed E-state index contributed by atoms with van der Waals surface area (Å²) in [5.41, 5.74) is -2.41. The molecule has 2 heterocycles. The summed E-state index contributed by atoms with van der Waals surface area (Å²) >= 11 is 0.659. The van der Waals surface area contributed by atoms with Crippen LogP contribution in [0.15, 0.2) is 29.6 Å². The zero-order valence-electron chi connectivity index (χ0n) is 14.9. The van der Waals surface area contributed by atoms with Gasteiger partial charge in [0.1, 0.15) is 16.9 Å². The minimum atomic E-state index is -5.06. The van der Waals surface area contributed by atoms with E-state index in [0.717, 1.165) is 0 Å². The number of hydrogen-bond acceptors (Lipinski definition) is 5. The van der Waals surface area contributed by atoms with Gasteiger partial charge in [0.25, 0.3) is 0 Å². The first-order valence-electron chi connectivity index (χ1n) is 8.47. The molecule has 1 aromatic heterocycles. The van der Waals surface area contributed by atoms with Crippen LogP contribution in [0, 0.1) is 12.7 Å². The number of carbonyl (C=O) groups excluding carboxylic acids is 1. The Labute approximate surface area is 162 Å². The number of morpholine rings is 1. The van der Waals surface area contributed by atoms with E-state index >= 15 is 0 Å². The van der Waals surface area contributed by atoms with Crippen molar-refractivity contribution in [2.75, 3.05) is 19.7 Å². The summed E-state index contributed by atoms with van der Waals surface area (Å²) in [5.74, 6) is -1.29. The second kappa shape index (κ2) is 7.76. The van der Waals surface area contributed by atoms with Crippen molar-refractivity contribution in [3.05, 3.63) is 51.7 Å². The first-order chi connectivity index (χ1) is 13.1. The summed E-state index contributed by atoms with van der Waals surface area (Å²) in [4.78, 5) is 17.6. The third kappa shape index (κ3) is 4.18. The maximum Gasteiger partial charge on any atom is 0.424 e. The van der Waals surface area contributed by atoms with E-state index in [4.69, 9.17) is 4.74 Å². The maximum absolute atomic E-state index is 13.6. The number of ether oxygens (including phenoxy) is 1. The Bertz CT molecular complexity index is 840. The summed E-state index contributed by atoms with van der Waals surface area (Å²) in [5, 5.41) is 11.2. The Balaban J connectivity index is 1.77. The number of hydrogen-bond donors (Lipinski definition) is 1. The molecule has 0 spiro atoms. The van der Waals surface area contributed by atoms with E-state index in [0.29, 0.717) is 22.6 Å². The van der Waals surface area contributed by atoms with E-state index in [1.165, 1.54) is 41.5 Å². The molecule has 1 amide bonds. The fraction of sp³-hybridized carbons (Fsp3) is 0.444. The zero-order chi connectivity index (χ0) is 20.5. The van der Waals surface area contributed by atoms with Crippen molar-refractivity contribution >= 4 is 17.2 Å². The molecule has 1 aromatic carbocycles. The van der Waals surface area contributed by atoms with Gasteiger partial charge in [0.15, 0.2) is 0 Å². The number of rotatable bonds is 4. The van der Waals surface area contributed by atoms with Crippen LogP contribution in [0.5, 0.6) is 0 Å². The molecule has 2 atom stereocenters. The summed E-state index contributed by atoms with van der Waals surface area (Å²) in [6.45, 7) is 1.74. The molecule has 1 saturated heterocycles. The second-order valence-corrected chi connectivity index (χ2v) is 7.44. The molecule has 2 aromatic rings. The van der Waals surface area contributed by atoms with Gasteiger partial charge in [0.2, 0.25) is 11.5 Å². The topological polar surface area (TPSA) is 62.7 Å². The number of aliphatic hydroxyl groups is 1. The number of nitrogens with zero attached hydrogens (tertiary/aromatic N) is 2. The van der Waals surface area contributed by atoms with Crippen molar-refractivity contribution in [3.63, 3.8) is 0 Å². The Morgan fingerprint density at radius 3 is 2.61 bits per heavy atom. The number of halogens is 4. The molecule has 1 aliphatic heterocycles. The molecule has 28 heavy (non-hydrogen) atoms. The average Bonchev–Trinajstić information content (AvgIpc) is 3.08. The van der Waals surface area contributed by atoms with Gasteiger partial charge in [0.05, 0.1) is 19.6 Å². The van der Waals surface area contributed by atoms with Crippen molar-refractivity contribution in [2.24, 2.45) is 0 Å². The Kier molecular flexibility index (Phi) is 5.74. The van der Waals surface area contributed by atoms with Gasteiger partial charge in [-0.05, 0) is 24.6 Å². The van der Waals surface area contributed by atoms with Crippen molar-refractivity contribution in [1.29, 1.82) is 0 Å². The van der Waals surface area contributed by atoms with Gasteiger partial charge in [-0.3, -0.25) is 4.79 Å². The van der Waals surface area contributed by atoms with Crippen LogP contribution in [0.3, 0.4) is 0 Å². The Morgan fingerprint density at radius 1 is 1.36 bits per heavy atom. The lowest BCUT2D eigenvalue weighted by Crippen LogP contribution is -2.49. The van der Waals surface area contributed by atoms with Crippen molar-refractivity contribution in [2.45, 2.75) is 31.2 Å². The van der Waals surface area contributed by atoms with Gasteiger partial charge < -0.3 is 14.7 Å². The van der Waals surface area contributed by atoms with Crippen LogP contribution in [0.2, 0.25) is 0 Å². The third-order valence-corrected chi connectivity index (χ3v) is 5.62. The number of aromatic nitrogens is 1. The van der Waals surface area contributed by atoms with Gasteiger partial charge in [0, 0.05) is 17.6 Å². The largest absolute Gasteiger partial charge is 0.424 e. The third-order valence-electron chi connectivity index (χ3n) is 4.51. The van der Waals surface area contributed by atoms with E-state index in [1.807, 2.05) is 0 Å². The van der Waals surface area contributed by atoms with E-state index in [1.54, 1.807) is 0 Å². The Morgan fingerprint density at radius 2 is 2.04 bits per heavy atom. The van der Waals surface area contributed by atoms with Crippen LogP contribution in [0.4, 0.5) is 17.6 Å². The van der Waals surface area contributed by atoms with E-state index in [-0.39, 0.29) is 19.7 Å². The monoisotopic (exact) mass is 418 g/mol. The minimum absolute atomic E-state index is 0.00923. The predicted octanol–water partition coefficient (Wildman–Crippen LogP) is 3.33. The molecule has 3 rings (SSSR count). The molecule has 152 valence electrons. The fourth-order valence-corrected chi connectivity index (χ4v) is 3.84. The molecular formula is C18H18F4N2O3S. The smallest absolute Gasteiger partial charge is 0.374 e. The maximum atomic E-state index is 13.6. The predicted molar refractivity (Wildman–Crippen MR) is 93.1 cm³/mol.